The Labute approximate surface area is 74.9 Å². The fourth-order valence-corrected chi connectivity index (χ4v) is 1.85. The number of carbonyl (C=O) groups is 1. The van der Waals surface area contributed by atoms with Crippen LogP contribution >= 0.6 is 0 Å². The van der Waals surface area contributed by atoms with Crippen molar-refractivity contribution in [3.05, 3.63) is 0 Å². The minimum atomic E-state index is 0.699. The Kier molecular flexibility index (Phi) is 3.73. The molecule has 0 aromatic rings. The number of rotatable bonds is 4. The van der Waals surface area contributed by atoms with Crippen LogP contribution in [0.25, 0.3) is 0 Å². The van der Waals surface area contributed by atoms with Crippen molar-refractivity contribution in [2.24, 2.45) is 11.8 Å². The van der Waals surface area contributed by atoms with Crippen molar-refractivity contribution < 1.29 is 4.79 Å². The Morgan fingerprint density at radius 3 is 2.83 bits per heavy atom. The Morgan fingerprint density at radius 1 is 1.58 bits per heavy atom. The maximum absolute atomic E-state index is 10.2. The smallest absolute Gasteiger partial charge is 0.121 e. The number of hydrogen-bond donors (Lipinski definition) is 0. The standard InChI is InChI=1S/C10H19NO/c1-9(2)10-4-6-11(8-10)5-3-7-12/h7,9-10H,3-6,8H2,1-2H3. The Bertz CT molecular complexity index is 145. The number of aldehydes is 1. The predicted molar refractivity (Wildman–Crippen MR) is 50.1 cm³/mol. The van der Waals surface area contributed by atoms with Crippen molar-refractivity contribution in [2.45, 2.75) is 26.7 Å². The largest absolute Gasteiger partial charge is 0.303 e. The van der Waals surface area contributed by atoms with Crippen LogP contribution in [0.5, 0.6) is 0 Å². The lowest BCUT2D eigenvalue weighted by Crippen LogP contribution is -2.23. The van der Waals surface area contributed by atoms with Gasteiger partial charge in [-0.3, -0.25) is 0 Å². The highest BCUT2D eigenvalue weighted by Crippen LogP contribution is 2.23. The Morgan fingerprint density at radius 2 is 2.33 bits per heavy atom. The van der Waals surface area contributed by atoms with E-state index in [0.29, 0.717) is 6.42 Å². The lowest BCUT2D eigenvalue weighted by molar-refractivity contribution is -0.108. The zero-order valence-electron chi connectivity index (χ0n) is 8.12. The van der Waals surface area contributed by atoms with E-state index in [1.165, 1.54) is 19.5 Å². The minimum absolute atomic E-state index is 0.699. The van der Waals surface area contributed by atoms with Crippen LogP contribution in [0.3, 0.4) is 0 Å². The van der Waals surface area contributed by atoms with Crippen molar-refractivity contribution in [3.63, 3.8) is 0 Å². The van der Waals surface area contributed by atoms with Crippen molar-refractivity contribution in [2.75, 3.05) is 19.6 Å². The molecule has 2 nitrogen and oxygen atoms in total. The molecule has 1 fully saturated rings. The van der Waals surface area contributed by atoms with Gasteiger partial charge in [0.1, 0.15) is 6.29 Å². The average Bonchev–Trinajstić information content (AvgIpc) is 2.48. The zero-order valence-corrected chi connectivity index (χ0v) is 8.12. The van der Waals surface area contributed by atoms with E-state index in [4.69, 9.17) is 0 Å². The van der Waals surface area contributed by atoms with Gasteiger partial charge in [-0.05, 0) is 24.8 Å². The number of carbonyl (C=O) groups excluding carboxylic acids is 1. The summed E-state index contributed by atoms with van der Waals surface area (Å²) in [5, 5.41) is 0. The summed E-state index contributed by atoms with van der Waals surface area (Å²) in [5.74, 6) is 1.66. The van der Waals surface area contributed by atoms with Crippen LogP contribution in [0.1, 0.15) is 26.7 Å². The molecule has 1 unspecified atom stereocenters. The van der Waals surface area contributed by atoms with Gasteiger partial charge in [-0.15, -0.1) is 0 Å². The van der Waals surface area contributed by atoms with Gasteiger partial charge in [0.25, 0.3) is 0 Å². The molecule has 2 heteroatoms. The highest BCUT2D eigenvalue weighted by atomic mass is 16.1. The van der Waals surface area contributed by atoms with Gasteiger partial charge >= 0.3 is 0 Å². The summed E-state index contributed by atoms with van der Waals surface area (Å²) < 4.78 is 0. The molecule has 12 heavy (non-hydrogen) atoms. The minimum Gasteiger partial charge on any atom is -0.303 e. The number of likely N-dealkylation sites (tertiary alicyclic amines) is 1. The van der Waals surface area contributed by atoms with Gasteiger partial charge in [0, 0.05) is 19.5 Å². The van der Waals surface area contributed by atoms with E-state index < -0.39 is 0 Å². The molecule has 1 saturated heterocycles. The van der Waals surface area contributed by atoms with Gasteiger partial charge in [0.15, 0.2) is 0 Å². The molecule has 0 aromatic heterocycles. The Balaban J connectivity index is 2.21. The fraction of sp³-hybridized carbons (Fsp3) is 0.900. The van der Waals surface area contributed by atoms with E-state index in [0.717, 1.165) is 24.7 Å². The molecule has 0 radical (unpaired) electrons. The second kappa shape index (κ2) is 4.61. The molecule has 1 rings (SSSR count). The van der Waals surface area contributed by atoms with E-state index in [2.05, 4.69) is 18.7 Å². The molecular formula is C10H19NO. The quantitative estimate of drug-likeness (QED) is 0.595. The van der Waals surface area contributed by atoms with E-state index in [1.54, 1.807) is 0 Å². The van der Waals surface area contributed by atoms with Crippen LogP contribution in [-0.4, -0.2) is 30.8 Å². The first kappa shape index (κ1) is 9.72. The van der Waals surface area contributed by atoms with Crippen molar-refractivity contribution >= 4 is 6.29 Å². The molecule has 1 aliphatic rings. The summed E-state index contributed by atoms with van der Waals surface area (Å²) in [5.41, 5.74) is 0. The van der Waals surface area contributed by atoms with E-state index in [9.17, 15) is 4.79 Å². The monoisotopic (exact) mass is 169 g/mol. The molecule has 0 aliphatic carbocycles. The van der Waals surface area contributed by atoms with Gasteiger partial charge in [-0.1, -0.05) is 13.8 Å². The molecule has 0 bridgehead atoms. The van der Waals surface area contributed by atoms with E-state index in [-0.39, 0.29) is 0 Å². The first-order valence-corrected chi connectivity index (χ1v) is 4.90. The third-order valence-corrected chi connectivity index (χ3v) is 2.81. The molecular weight excluding hydrogens is 150 g/mol. The van der Waals surface area contributed by atoms with Gasteiger partial charge in [-0.2, -0.15) is 0 Å². The molecule has 0 saturated carbocycles. The SMILES string of the molecule is CC(C)C1CCN(CCC=O)C1. The van der Waals surface area contributed by atoms with Crippen molar-refractivity contribution in [1.29, 1.82) is 0 Å². The maximum atomic E-state index is 10.2. The summed E-state index contributed by atoms with van der Waals surface area (Å²) in [6, 6.07) is 0. The number of nitrogens with zero attached hydrogens (tertiary/aromatic N) is 1. The summed E-state index contributed by atoms with van der Waals surface area (Å²) in [4.78, 5) is 12.6. The molecule has 1 heterocycles. The van der Waals surface area contributed by atoms with Gasteiger partial charge in [0.05, 0.1) is 0 Å². The summed E-state index contributed by atoms with van der Waals surface area (Å²) in [7, 11) is 0. The van der Waals surface area contributed by atoms with Crippen LogP contribution in [0.2, 0.25) is 0 Å². The molecule has 0 spiro atoms. The second-order valence-corrected chi connectivity index (χ2v) is 4.05. The third kappa shape index (κ3) is 2.59. The van der Waals surface area contributed by atoms with Gasteiger partial charge in [-0.25, -0.2) is 0 Å². The second-order valence-electron chi connectivity index (χ2n) is 4.05. The molecule has 0 aromatic carbocycles. The van der Waals surface area contributed by atoms with E-state index >= 15 is 0 Å². The highest BCUT2D eigenvalue weighted by molar-refractivity contribution is 5.49. The van der Waals surface area contributed by atoms with Crippen LogP contribution in [0, 0.1) is 11.8 Å². The normalized spacial score (nSPS) is 25.1. The van der Waals surface area contributed by atoms with Gasteiger partial charge in [0.2, 0.25) is 0 Å². The van der Waals surface area contributed by atoms with Crippen molar-refractivity contribution in [3.8, 4) is 0 Å². The first-order valence-electron chi connectivity index (χ1n) is 4.90. The topological polar surface area (TPSA) is 20.3 Å². The summed E-state index contributed by atoms with van der Waals surface area (Å²) >= 11 is 0. The fourth-order valence-electron chi connectivity index (χ4n) is 1.85. The molecule has 0 N–H and O–H groups in total. The van der Waals surface area contributed by atoms with Crippen LogP contribution in [-0.2, 0) is 4.79 Å². The number of hydrogen-bond acceptors (Lipinski definition) is 2. The predicted octanol–water partition coefficient (Wildman–Crippen LogP) is 1.55. The third-order valence-electron chi connectivity index (χ3n) is 2.81. The highest BCUT2D eigenvalue weighted by Gasteiger charge is 2.23. The summed E-state index contributed by atoms with van der Waals surface area (Å²) in [6.45, 7) is 7.93. The average molecular weight is 169 g/mol. The molecule has 70 valence electrons. The van der Waals surface area contributed by atoms with E-state index in [1.807, 2.05) is 0 Å². The lowest BCUT2D eigenvalue weighted by atomic mass is 9.95. The molecule has 1 atom stereocenters. The molecule has 0 amide bonds. The van der Waals surface area contributed by atoms with Crippen LogP contribution in [0.4, 0.5) is 0 Å². The lowest BCUT2D eigenvalue weighted by Gasteiger charge is -2.16. The van der Waals surface area contributed by atoms with Crippen LogP contribution in [0.15, 0.2) is 0 Å². The van der Waals surface area contributed by atoms with Crippen molar-refractivity contribution in [1.82, 2.24) is 4.90 Å². The zero-order chi connectivity index (χ0) is 8.97. The molecule has 1 aliphatic heterocycles. The van der Waals surface area contributed by atoms with Crippen LogP contribution < -0.4 is 0 Å². The van der Waals surface area contributed by atoms with Gasteiger partial charge < -0.3 is 9.69 Å². The summed E-state index contributed by atoms with van der Waals surface area (Å²) in [6.07, 6.45) is 3.03. The Hall–Kier alpha value is -0.370. The first-order chi connectivity index (χ1) is 5.74. The maximum Gasteiger partial charge on any atom is 0.121 e.